The van der Waals surface area contributed by atoms with Crippen molar-refractivity contribution < 1.29 is 0 Å². The molecular formula is C10H17N5S. The highest BCUT2D eigenvalue weighted by molar-refractivity contribution is 8.00. The van der Waals surface area contributed by atoms with Crippen LogP contribution in [-0.4, -0.2) is 41.1 Å². The first-order chi connectivity index (χ1) is 7.69. The molecule has 0 aromatic carbocycles. The van der Waals surface area contributed by atoms with Crippen LogP contribution in [0, 0.1) is 0 Å². The average molecular weight is 239 g/mol. The third kappa shape index (κ3) is 2.49. The van der Waals surface area contributed by atoms with E-state index in [1.165, 1.54) is 0 Å². The standard InChI is InChI=1S/C10H17N5S/c1-7-6-15(3-4-16-7)9-5-8(12-2)13-10(11)14-9/h5,7H,3-4,6H2,1-2H3,(H3,11,12,13,14). The molecule has 5 nitrogen and oxygen atoms in total. The molecular weight excluding hydrogens is 222 g/mol. The van der Waals surface area contributed by atoms with Crippen LogP contribution in [0.2, 0.25) is 0 Å². The lowest BCUT2D eigenvalue weighted by Crippen LogP contribution is -2.37. The van der Waals surface area contributed by atoms with Crippen LogP contribution < -0.4 is 16.0 Å². The average Bonchev–Trinajstić information content (AvgIpc) is 2.28. The summed E-state index contributed by atoms with van der Waals surface area (Å²) < 4.78 is 0. The van der Waals surface area contributed by atoms with E-state index in [1.807, 2.05) is 24.9 Å². The molecule has 0 aliphatic carbocycles. The number of nitrogens with one attached hydrogen (secondary N) is 1. The van der Waals surface area contributed by atoms with Gasteiger partial charge in [-0.05, 0) is 0 Å². The molecule has 2 heterocycles. The topological polar surface area (TPSA) is 67.1 Å². The quantitative estimate of drug-likeness (QED) is 0.804. The summed E-state index contributed by atoms with van der Waals surface area (Å²) in [6.07, 6.45) is 0. The van der Waals surface area contributed by atoms with Crippen molar-refractivity contribution in [3.8, 4) is 0 Å². The maximum atomic E-state index is 5.68. The summed E-state index contributed by atoms with van der Waals surface area (Å²) in [5.41, 5.74) is 5.68. The van der Waals surface area contributed by atoms with Gasteiger partial charge in [-0.25, -0.2) is 0 Å². The lowest BCUT2D eigenvalue weighted by Gasteiger charge is -2.31. The summed E-state index contributed by atoms with van der Waals surface area (Å²) >= 11 is 2.00. The highest BCUT2D eigenvalue weighted by Gasteiger charge is 2.18. The maximum Gasteiger partial charge on any atom is 0.223 e. The Morgan fingerprint density at radius 1 is 1.56 bits per heavy atom. The Balaban J connectivity index is 2.21. The third-order valence-corrected chi connectivity index (χ3v) is 3.69. The molecule has 0 bridgehead atoms. The Kier molecular flexibility index (Phi) is 3.38. The van der Waals surface area contributed by atoms with Crippen LogP contribution in [0.25, 0.3) is 0 Å². The fourth-order valence-electron chi connectivity index (χ4n) is 1.77. The molecule has 2 rings (SSSR count). The molecule has 6 heteroatoms. The Labute approximate surface area is 99.8 Å². The molecule has 0 saturated carbocycles. The Hall–Kier alpha value is -1.17. The second-order valence-electron chi connectivity index (χ2n) is 3.85. The number of hydrogen-bond acceptors (Lipinski definition) is 6. The minimum atomic E-state index is 0.327. The van der Waals surface area contributed by atoms with Crippen molar-refractivity contribution in [2.24, 2.45) is 0 Å². The van der Waals surface area contributed by atoms with Crippen LogP contribution in [0.3, 0.4) is 0 Å². The molecule has 1 atom stereocenters. The fraction of sp³-hybridized carbons (Fsp3) is 0.600. The summed E-state index contributed by atoms with van der Waals surface area (Å²) in [7, 11) is 1.83. The fourth-order valence-corrected chi connectivity index (χ4v) is 2.78. The molecule has 0 spiro atoms. The van der Waals surface area contributed by atoms with Gasteiger partial charge in [0.05, 0.1) is 0 Å². The van der Waals surface area contributed by atoms with Gasteiger partial charge in [0.1, 0.15) is 11.6 Å². The summed E-state index contributed by atoms with van der Waals surface area (Å²) in [5.74, 6) is 3.16. The van der Waals surface area contributed by atoms with Crippen molar-refractivity contribution >= 4 is 29.3 Å². The van der Waals surface area contributed by atoms with E-state index in [0.29, 0.717) is 11.2 Å². The lowest BCUT2D eigenvalue weighted by atomic mass is 10.3. The second kappa shape index (κ2) is 4.78. The lowest BCUT2D eigenvalue weighted by molar-refractivity contribution is 0.769. The predicted octanol–water partition coefficient (Wildman–Crippen LogP) is 1.04. The molecule has 1 fully saturated rings. The van der Waals surface area contributed by atoms with Gasteiger partial charge in [0.25, 0.3) is 0 Å². The number of nitrogen functional groups attached to an aromatic ring is 1. The normalized spacial score (nSPS) is 20.9. The highest BCUT2D eigenvalue weighted by Crippen LogP contribution is 2.24. The van der Waals surface area contributed by atoms with Crippen LogP contribution >= 0.6 is 11.8 Å². The smallest absolute Gasteiger partial charge is 0.223 e. The number of anilines is 3. The number of nitrogens with two attached hydrogens (primary N) is 1. The SMILES string of the molecule is CNc1cc(N2CCSC(C)C2)nc(N)n1. The minimum Gasteiger partial charge on any atom is -0.373 e. The molecule has 3 N–H and O–H groups in total. The number of nitrogens with zero attached hydrogens (tertiary/aromatic N) is 3. The van der Waals surface area contributed by atoms with Crippen molar-refractivity contribution in [3.05, 3.63) is 6.07 Å². The number of hydrogen-bond donors (Lipinski definition) is 2. The summed E-state index contributed by atoms with van der Waals surface area (Å²) in [6.45, 7) is 4.28. The van der Waals surface area contributed by atoms with Crippen molar-refractivity contribution in [2.45, 2.75) is 12.2 Å². The van der Waals surface area contributed by atoms with Crippen molar-refractivity contribution in [1.82, 2.24) is 9.97 Å². The number of thioether (sulfide) groups is 1. The summed E-state index contributed by atoms with van der Waals surface area (Å²) in [6, 6.07) is 1.94. The Morgan fingerprint density at radius 3 is 3.06 bits per heavy atom. The zero-order chi connectivity index (χ0) is 11.5. The van der Waals surface area contributed by atoms with E-state index in [1.54, 1.807) is 0 Å². The monoisotopic (exact) mass is 239 g/mol. The van der Waals surface area contributed by atoms with Crippen LogP contribution in [0.15, 0.2) is 6.07 Å². The molecule has 0 amide bonds. The van der Waals surface area contributed by atoms with Gasteiger partial charge >= 0.3 is 0 Å². The molecule has 88 valence electrons. The van der Waals surface area contributed by atoms with E-state index in [-0.39, 0.29) is 0 Å². The molecule has 1 aromatic heterocycles. The molecule has 16 heavy (non-hydrogen) atoms. The van der Waals surface area contributed by atoms with Crippen LogP contribution in [0.1, 0.15) is 6.92 Å². The number of rotatable bonds is 2. The van der Waals surface area contributed by atoms with Crippen molar-refractivity contribution in [1.29, 1.82) is 0 Å². The van der Waals surface area contributed by atoms with Gasteiger partial charge in [-0.3, -0.25) is 0 Å². The largest absolute Gasteiger partial charge is 0.373 e. The van der Waals surface area contributed by atoms with Gasteiger partial charge in [-0.1, -0.05) is 6.92 Å². The first kappa shape index (κ1) is 11.3. The van der Waals surface area contributed by atoms with Gasteiger partial charge < -0.3 is 16.0 Å². The Bertz CT molecular complexity index is 370. The summed E-state index contributed by atoms with van der Waals surface area (Å²) in [5, 5.41) is 3.64. The number of aromatic nitrogens is 2. The van der Waals surface area contributed by atoms with E-state index in [9.17, 15) is 0 Å². The van der Waals surface area contributed by atoms with Gasteiger partial charge in [0, 0.05) is 37.2 Å². The molecule has 0 radical (unpaired) electrons. The van der Waals surface area contributed by atoms with Gasteiger partial charge in [-0.15, -0.1) is 0 Å². The third-order valence-electron chi connectivity index (χ3n) is 2.55. The predicted molar refractivity (Wildman–Crippen MR) is 70.1 cm³/mol. The minimum absolute atomic E-state index is 0.327. The van der Waals surface area contributed by atoms with Gasteiger partial charge in [0.2, 0.25) is 5.95 Å². The molecule has 1 aromatic rings. The van der Waals surface area contributed by atoms with Crippen LogP contribution in [0.5, 0.6) is 0 Å². The molecule has 1 aliphatic heterocycles. The molecule has 1 unspecified atom stereocenters. The molecule has 1 saturated heterocycles. The van der Waals surface area contributed by atoms with Gasteiger partial charge in [-0.2, -0.15) is 21.7 Å². The van der Waals surface area contributed by atoms with E-state index < -0.39 is 0 Å². The van der Waals surface area contributed by atoms with Crippen LogP contribution in [-0.2, 0) is 0 Å². The van der Waals surface area contributed by atoms with Crippen molar-refractivity contribution in [2.75, 3.05) is 41.8 Å². The Morgan fingerprint density at radius 2 is 2.38 bits per heavy atom. The van der Waals surface area contributed by atoms with E-state index in [2.05, 4.69) is 27.1 Å². The van der Waals surface area contributed by atoms with Crippen molar-refractivity contribution in [3.63, 3.8) is 0 Å². The van der Waals surface area contributed by atoms with Crippen LogP contribution in [0.4, 0.5) is 17.6 Å². The first-order valence-corrected chi connectivity index (χ1v) is 6.43. The maximum absolute atomic E-state index is 5.68. The zero-order valence-electron chi connectivity index (χ0n) is 9.60. The molecule has 1 aliphatic rings. The summed E-state index contributed by atoms with van der Waals surface area (Å²) in [4.78, 5) is 10.6. The van der Waals surface area contributed by atoms with E-state index >= 15 is 0 Å². The van der Waals surface area contributed by atoms with E-state index in [0.717, 1.165) is 30.5 Å². The highest BCUT2D eigenvalue weighted by atomic mass is 32.2. The zero-order valence-corrected chi connectivity index (χ0v) is 10.4. The first-order valence-electron chi connectivity index (χ1n) is 5.38. The van der Waals surface area contributed by atoms with Gasteiger partial charge in [0.15, 0.2) is 0 Å². The second-order valence-corrected chi connectivity index (χ2v) is 5.39. The van der Waals surface area contributed by atoms with E-state index in [4.69, 9.17) is 5.73 Å².